The van der Waals surface area contributed by atoms with E-state index in [-0.39, 0.29) is 0 Å². The third-order valence-electron chi connectivity index (χ3n) is 3.35. The van der Waals surface area contributed by atoms with Crippen molar-refractivity contribution in [1.82, 2.24) is 0 Å². The van der Waals surface area contributed by atoms with Crippen molar-refractivity contribution in [2.24, 2.45) is 0 Å². The average Bonchev–Trinajstić information content (AvgIpc) is 2.62. The smallest absolute Gasteiger partial charge is 0.338 e. The van der Waals surface area contributed by atoms with Crippen molar-refractivity contribution in [1.29, 1.82) is 0 Å². The molecule has 0 spiro atoms. The topological polar surface area (TPSA) is 52.6 Å². The molecular formula is C22H20O4. The molecule has 2 aromatic carbocycles. The first kappa shape index (κ1) is 18.9. The molecule has 0 saturated carbocycles. The maximum atomic E-state index is 11.5. The monoisotopic (exact) mass is 348 g/mol. The molecule has 2 aromatic rings. The van der Waals surface area contributed by atoms with Crippen molar-refractivity contribution in [2.75, 3.05) is 0 Å². The van der Waals surface area contributed by atoms with Crippen LogP contribution in [0.2, 0.25) is 0 Å². The fourth-order valence-corrected chi connectivity index (χ4v) is 1.87. The Morgan fingerprint density at radius 1 is 0.692 bits per heavy atom. The first-order valence-electron chi connectivity index (χ1n) is 7.99. The van der Waals surface area contributed by atoms with Crippen molar-refractivity contribution in [3.8, 4) is 11.5 Å². The molecule has 0 unspecified atom stereocenters. The summed E-state index contributed by atoms with van der Waals surface area (Å²) in [5.41, 5.74) is 2.62. The number of carbonyl (C=O) groups excluding carboxylic acids is 2. The lowest BCUT2D eigenvalue weighted by molar-refractivity contribution is -0.130. The van der Waals surface area contributed by atoms with Gasteiger partial charge in [0, 0.05) is 11.1 Å². The minimum Gasteiger partial charge on any atom is -0.423 e. The summed E-state index contributed by atoms with van der Waals surface area (Å²) >= 11 is 0. The van der Waals surface area contributed by atoms with Gasteiger partial charge in [-0.1, -0.05) is 49.6 Å². The van der Waals surface area contributed by atoms with Gasteiger partial charge in [0.15, 0.2) is 0 Å². The molecule has 0 radical (unpaired) electrons. The van der Waals surface area contributed by atoms with Gasteiger partial charge in [-0.3, -0.25) is 0 Å². The summed E-state index contributed by atoms with van der Waals surface area (Å²) in [7, 11) is 0. The Bertz CT molecular complexity index is 783. The second-order valence-electron chi connectivity index (χ2n) is 5.81. The standard InChI is InChI=1S/C22H20O4/c1-15(2)21(23)25-19-11-7-17(8-12-19)5-6-18-9-13-20(14-10-18)26-22(24)16(3)4/h5-14H,1,3H2,2,4H3/b6-5+. The van der Waals surface area contributed by atoms with Gasteiger partial charge >= 0.3 is 11.9 Å². The zero-order valence-corrected chi connectivity index (χ0v) is 14.8. The van der Waals surface area contributed by atoms with Crippen LogP contribution in [0, 0.1) is 0 Å². The molecule has 0 atom stereocenters. The molecule has 132 valence electrons. The van der Waals surface area contributed by atoms with Crippen LogP contribution in [-0.2, 0) is 9.59 Å². The fourth-order valence-electron chi connectivity index (χ4n) is 1.87. The largest absolute Gasteiger partial charge is 0.423 e. The Hall–Kier alpha value is -3.40. The zero-order valence-electron chi connectivity index (χ0n) is 14.8. The Morgan fingerprint density at radius 3 is 1.27 bits per heavy atom. The highest BCUT2D eigenvalue weighted by Gasteiger charge is 2.05. The summed E-state index contributed by atoms with van der Waals surface area (Å²) in [5.74, 6) is 0.0547. The minimum absolute atomic E-state index is 0.353. The van der Waals surface area contributed by atoms with Gasteiger partial charge in [-0.25, -0.2) is 9.59 Å². The van der Waals surface area contributed by atoms with Crippen LogP contribution in [-0.4, -0.2) is 11.9 Å². The third kappa shape index (κ3) is 5.60. The van der Waals surface area contributed by atoms with Crippen LogP contribution in [0.5, 0.6) is 11.5 Å². The van der Waals surface area contributed by atoms with Crippen LogP contribution in [0.4, 0.5) is 0 Å². The molecule has 0 fully saturated rings. The Kier molecular flexibility index (Phi) is 6.28. The molecule has 0 bridgehead atoms. The summed E-state index contributed by atoms with van der Waals surface area (Å²) in [6, 6.07) is 14.3. The molecule has 0 amide bonds. The van der Waals surface area contributed by atoms with E-state index in [1.165, 1.54) is 0 Å². The molecule has 0 N–H and O–H groups in total. The molecule has 0 aromatic heterocycles. The third-order valence-corrected chi connectivity index (χ3v) is 3.35. The highest BCUT2D eigenvalue weighted by atomic mass is 16.5. The number of esters is 2. The van der Waals surface area contributed by atoms with E-state index in [1.54, 1.807) is 38.1 Å². The number of hydrogen-bond donors (Lipinski definition) is 0. The van der Waals surface area contributed by atoms with Gasteiger partial charge in [0.05, 0.1) is 0 Å². The van der Waals surface area contributed by atoms with Crippen molar-refractivity contribution < 1.29 is 19.1 Å². The first-order valence-corrected chi connectivity index (χ1v) is 7.99. The van der Waals surface area contributed by atoms with Gasteiger partial charge in [0.2, 0.25) is 0 Å². The average molecular weight is 348 g/mol. The molecule has 0 saturated heterocycles. The van der Waals surface area contributed by atoms with Gasteiger partial charge in [-0.15, -0.1) is 0 Å². The first-order chi connectivity index (χ1) is 12.3. The lowest BCUT2D eigenvalue weighted by Crippen LogP contribution is -2.07. The fraction of sp³-hybridized carbons (Fsp3) is 0.0909. The molecule has 0 aliphatic heterocycles. The number of hydrogen-bond acceptors (Lipinski definition) is 4. The molecule has 2 rings (SSSR count). The van der Waals surface area contributed by atoms with Gasteiger partial charge in [0.1, 0.15) is 11.5 Å². The zero-order chi connectivity index (χ0) is 19.1. The van der Waals surface area contributed by atoms with Crippen molar-refractivity contribution >= 4 is 24.1 Å². The lowest BCUT2D eigenvalue weighted by Gasteiger charge is -2.04. The Morgan fingerprint density at radius 2 is 1.00 bits per heavy atom. The summed E-state index contributed by atoms with van der Waals surface area (Å²) in [6.07, 6.45) is 3.86. The number of rotatable bonds is 6. The molecule has 0 heterocycles. The predicted octanol–water partition coefficient (Wildman–Crippen LogP) is 4.82. The van der Waals surface area contributed by atoms with Crippen LogP contribution < -0.4 is 9.47 Å². The van der Waals surface area contributed by atoms with E-state index in [1.807, 2.05) is 36.4 Å². The maximum absolute atomic E-state index is 11.5. The predicted molar refractivity (Wildman–Crippen MR) is 103 cm³/mol. The van der Waals surface area contributed by atoms with E-state index in [0.717, 1.165) is 11.1 Å². The van der Waals surface area contributed by atoms with Crippen LogP contribution in [0.15, 0.2) is 72.8 Å². The SMILES string of the molecule is C=C(C)C(=O)Oc1ccc(/C=C/c2ccc(OC(=O)C(=C)C)cc2)cc1. The molecular weight excluding hydrogens is 328 g/mol. The molecule has 4 heteroatoms. The van der Waals surface area contributed by atoms with E-state index >= 15 is 0 Å². The van der Waals surface area contributed by atoms with E-state index in [0.29, 0.717) is 22.6 Å². The van der Waals surface area contributed by atoms with Gasteiger partial charge < -0.3 is 9.47 Å². The quantitative estimate of drug-likeness (QED) is 0.325. The second kappa shape index (κ2) is 8.62. The van der Waals surface area contributed by atoms with Crippen molar-refractivity contribution in [3.05, 3.63) is 84.0 Å². The van der Waals surface area contributed by atoms with E-state index < -0.39 is 11.9 Å². The highest BCUT2D eigenvalue weighted by Crippen LogP contribution is 2.18. The number of ether oxygens (including phenoxy) is 2. The van der Waals surface area contributed by atoms with Crippen LogP contribution in [0.1, 0.15) is 25.0 Å². The summed E-state index contributed by atoms with van der Waals surface area (Å²) in [4.78, 5) is 22.9. The second-order valence-corrected chi connectivity index (χ2v) is 5.81. The van der Waals surface area contributed by atoms with E-state index in [4.69, 9.17) is 9.47 Å². The maximum Gasteiger partial charge on any atom is 0.338 e. The number of carbonyl (C=O) groups is 2. The van der Waals surface area contributed by atoms with Crippen LogP contribution in [0.25, 0.3) is 12.2 Å². The highest BCUT2D eigenvalue weighted by molar-refractivity contribution is 5.89. The normalized spacial score (nSPS) is 10.4. The summed E-state index contributed by atoms with van der Waals surface area (Å²) < 4.78 is 10.3. The number of benzene rings is 2. The van der Waals surface area contributed by atoms with Gasteiger partial charge in [0.25, 0.3) is 0 Å². The Balaban J connectivity index is 1.98. The van der Waals surface area contributed by atoms with Crippen molar-refractivity contribution in [2.45, 2.75) is 13.8 Å². The van der Waals surface area contributed by atoms with Gasteiger partial charge in [-0.2, -0.15) is 0 Å². The van der Waals surface area contributed by atoms with E-state index in [9.17, 15) is 9.59 Å². The summed E-state index contributed by atoms with van der Waals surface area (Å²) in [5, 5.41) is 0. The lowest BCUT2D eigenvalue weighted by atomic mass is 10.1. The van der Waals surface area contributed by atoms with Crippen LogP contribution in [0.3, 0.4) is 0 Å². The van der Waals surface area contributed by atoms with Crippen LogP contribution >= 0.6 is 0 Å². The molecule has 26 heavy (non-hydrogen) atoms. The van der Waals surface area contributed by atoms with Gasteiger partial charge in [-0.05, 0) is 49.2 Å². The molecule has 0 aliphatic carbocycles. The minimum atomic E-state index is -0.444. The Labute approximate surface area is 153 Å². The molecule has 0 aliphatic rings. The summed E-state index contributed by atoms with van der Waals surface area (Å²) in [6.45, 7) is 10.3. The van der Waals surface area contributed by atoms with E-state index in [2.05, 4.69) is 13.2 Å². The van der Waals surface area contributed by atoms with Crippen molar-refractivity contribution in [3.63, 3.8) is 0 Å². The molecule has 4 nitrogen and oxygen atoms in total.